The molecule has 0 aliphatic carbocycles. The first-order valence-electron chi connectivity index (χ1n) is 22.8. The Bertz CT molecular complexity index is 1160. The number of hydrogen-bond donors (Lipinski definition) is 3. The number of amides is 1. The molecule has 1 amide bonds. The zero-order valence-corrected chi connectivity index (χ0v) is 38.2. The third kappa shape index (κ3) is 41.9. The Balaban J connectivity index is 4.52. The number of nitrogens with one attached hydrogen (secondary N) is 1. The number of phosphoric acid groups is 1. The van der Waals surface area contributed by atoms with Gasteiger partial charge in [0, 0.05) is 6.42 Å². The molecule has 0 saturated heterocycles. The lowest BCUT2D eigenvalue weighted by atomic mass is 10.1. The van der Waals surface area contributed by atoms with E-state index in [0.717, 1.165) is 77.0 Å². The summed E-state index contributed by atoms with van der Waals surface area (Å²) in [6.07, 6.45) is 52.6. The Morgan fingerprint density at radius 3 is 1.61 bits per heavy atom. The molecule has 0 heterocycles. The zero-order valence-electron chi connectivity index (χ0n) is 37.3. The third-order valence-corrected chi connectivity index (χ3v) is 10.6. The van der Waals surface area contributed by atoms with Gasteiger partial charge in [-0.15, -0.1) is 0 Å². The molecule has 0 aromatic rings. The SMILES string of the molecule is CC/C=C\C/C=C\C/C=C\CCCCCCCCCC(=O)NC(COP(=O)(O)OCC[N+](C)(C)C)C(O)/C=C/CC/C=C/CC/C=C/CCCCCCCCCC. The van der Waals surface area contributed by atoms with Crippen molar-refractivity contribution in [3.05, 3.63) is 72.9 Å². The van der Waals surface area contributed by atoms with Crippen LogP contribution in [-0.2, 0) is 18.4 Å². The van der Waals surface area contributed by atoms with Crippen LogP contribution < -0.4 is 5.32 Å². The molecule has 0 aromatic heterocycles. The highest BCUT2D eigenvalue weighted by Crippen LogP contribution is 2.43. The summed E-state index contributed by atoms with van der Waals surface area (Å²) < 4.78 is 23.5. The topological polar surface area (TPSA) is 105 Å². The molecular formula is C48H88N2O6P+. The second-order valence-corrected chi connectivity index (χ2v) is 17.8. The lowest BCUT2D eigenvalue weighted by Crippen LogP contribution is -2.45. The first-order chi connectivity index (χ1) is 27.5. The van der Waals surface area contributed by atoms with E-state index in [1.165, 1.54) is 77.0 Å². The van der Waals surface area contributed by atoms with E-state index >= 15 is 0 Å². The Hall–Kier alpha value is -2.06. The highest BCUT2D eigenvalue weighted by atomic mass is 31.2. The monoisotopic (exact) mass is 820 g/mol. The van der Waals surface area contributed by atoms with E-state index in [9.17, 15) is 19.4 Å². The van der Waals surface area contributed by atoms with Gasteiger partial charge < -0.3 is 19.8 Å². The number of carbonyl (C=O) groups is 1. The second-order valence-electron chi connectivity index (χ2n) is 16.4. The van der Waals surface area contributed by atoms with Gasteiger partial charge in [0.25, 0.3) is 0 Å². The lowest BCUT2D eigenvalue weighted by Gasteiger charge is -2.25. The van der Waals surface area contributed by atoms with Crippen LogP contribution in [0.1, 0.15) is 174 Å². The fourth-order valence-electron chi connectivity index (χ4n) is 6.03. The lowest BCUT2D eigenvalue weighted by molar-refractivity contribution is -0.870. The van der Waals surface area contributed by atoms with Crippen molar-refractivity contribution in [2.75, 3.05) is 40.9 Å². The average Bonchev–Trinajstić information content (AvgIpc) is 3.16. The molecule has 0 aromatic carbocycles. The number of rotatable bonds is 40. The van der Waals surface area contributed by atoms with Crippen molar-refractivity contribution in [1.29, 1.82) is 0 Å². The van der Waals surface area contributed by atoms with Crippen molar-refractivity contribution in [3.8, 4) is 0 Å². The van der Waals surface area contributed by atoms with Crippen LogP contribution >= 0.6 is 7.82 Å². The summed E-state index contributed by atoms with van der Waals surface area (Å²) >= 11 is 0. The number of aliphatic hydroxyl groups is 1. The van der Waals surface area contributed by atoms with E-state index in [0.29, 0.717) is 17.4 Å². The zero-order chi connectivity index (χ0) is 42.1. The van der Waals surface area contributed by atoms with E-state index < -0.39 is 20.0 Å². The van der Waals surface area contributed by atoms with Gasteiger partial charge in [-0.3, -0.25) is 13.8 Å². The smallest absolute Gasteiger partial charge is 0.387 e. The highest BCUT2D eigenvalue weighted by Gasteiger charge is 2.27. The number of nitrogens with zero attached hydrogens (tertiary/aromatic N) is 1. The van der Waals surface area contributed by atoms with Gasteiger partial charge in [0.05, 0.1) is 39.9 Å². The summed E-state index contributed by atoms with van der Waals surface area (Å²) in [7, 11) is 1.53. The minimum Gasteiger partial charge on any atom is -0.387 e. The fraction of sp³-hybridized carbons (Fsp3) is 0.729. The predicted octanol–water partition coefficient (Wildman–Crippen LogP) is 12.8. The van der Waals surface area contributed by atoms with Gasteiger partial charge in [-0.2, -0.15) is 0 Å². The molecule has 0 rings (SSSR count). The summed E-state index contributed by atoms with van der Waals surface area (Å²) in [5.41, 5.74) is 0. The molecular weight excluding hydrogens is 732 g/mol. The van der Waals surface area contributed by atoms with Gasteiger partial charge in [-0.05, 0) is 77.0 Å². The molecule has 8 nitrogen and oxygen atoms in total. The largest absolute Gasteiger partial charge is 0.472 e. The molecule has 0 aliphatic heterocycles. The molecule has 330 valence electrons. The number of carbonyl (C=O) groups excluding carboxylic acids is 1. The van der Waals surface area contributed by atoms with Crippen molar-refractivity contribution in [2.24, 2.45) is 0 Å². The Morgan fingerprint density at radius 1 is 0.614 bits per heavy atom. The van der Waals surface area contributed by atoms with Gasteiger partial charge >= 0.3 is 7.82 Å². The Labute approximate surface area is 351 Å². The molecule has 3 atom stereocenters. The van der Waals surface area contributed by atoms with Crippen LogP contribution in [0.5, 0.6) is 0 Å². The quantitative estimate of drug-likeness (QED) is 0.0246. The van der Waals surface area contributed by atoms with Crippen LogP contribution in [0.25, 0.3) is 0 Å². The van der Waals surface area contributed by atoms with Crippen LogP contribution in [0.3, 0.4) is 0 Å². The fourth-order valence-corrected chi connectivity index (χ4v) is 6.76. The molecule has 3 unspecified atom stereocenters. The van der Waals surface area contributed by atoms with E-state index in [-0.39, 0.29) is 19.1 Å². The van der Waals surface area contributed by atoms with E-state index in [2.05, 4.69) is 79.9 Å². The molecule has 0 bridgehead atoms. The summed E-state index contributed by atoms with van der Waals surface area (Å²) in [4.78, 5) is 23.1. The van der Waals surface area contributed by atoms with E-state index in [1.807, 2.05) is 27.2 Å². The summed E-state index contributed by atoms with van der Waals surface area (Å²) in [5, 5.41) is 13.8. The number of unbranched alkanes of at least 4 members (excludes halogenated alkanes) is 17. The standard InChI is InChI=1S/C48H87N2O6P/c1-6-8-10-12-14-16-18-20-22-24-26-27-29-31-33-35-37-39-41-47(51)46(45-56-57(53,54)55-44-43-50(3,4)5)49-48(52)42-40-38-36-34-32-30-28-25-23-21-19-17-15-13-11-9-7-2/h9,11,15,17,21,23-24,26,31,33,39,41,46-47,51H,6-8,10,12-14,16,18-20,22,25,27-30,32,34-38,40,42-45H2,1-5H3,(H-,49,52,53,54)/p+1/b11-9-,17-15-,23-21-,26-24+,33-31+,41-39+. The summed E-state index contributed by atoms with van der Waals surface area (Å²) in [5.74, 6) is -0.205. The number of allylic oxidation sites excluding steroid dienone is 11. The molecule has 0 aliphatic rings. The van der Waals surface area contributed by atoms with Crippen LogP contribution in [0.2, 0.25) is 0 Å². The van der Waals surface area contributed by atoms with Crippen molar-refractivity contribution in [1.82, 2.24) is 5.32 Å². The van der Waals surface area contributed by atoms with Crippen molar-refractivity contribution in [3.63, 3.8) is 0 Å². The number of hydrogen-bond acceptors (Lipinski definition) is 5. The normalized spacial score (nSPS) is 15.0. The first-order valence-corrected chi connectivity index (χ1v) is 24.3. The Kier molecular flexibility index (Phi) is 38.0. The van der Waals surface area contributed by atoms with Gasteiger partial charge in [0.15, 0.2) is 0 Å². The van der Waals surface area contributed by atoms with Gasteiger partial charge in [0.2, 0.25) is 5.91 Å². The predicted molar refractivity (Wildman–Crippen MR) is 244 cm³/mol. The van der Waals surface area contributed by atoms with E-state index in [4.69, 9.17) is 9.05 Å². The van der Waals surface area contributed by atoms with Gasteiger partial charge in [0.1, 0.15) is 13.2 Å². The highest BCUT2D eigenvalue weighted by molar-refractivity contribution is 7.47. The summed E-state index contributed by atoms with van der Waals surface area (Å²) in [6.45, 7) is 4.64. The van der Waals surface area contributed by atoms with Crippen LogP contribution in [0.4, 0.5) is 0 Å². The maximum atomic E-state index is 12.9. The third-order valence-electron chi connectivity index (χ3n) is 9.64. The number of aliphatic hydroxyl groups excluding tert-OH is 1. The number of likely N-dealkylation sites (N-methyl/N-ethyl adjacent to an activating group) is 1. The first kappa shape index (κ1) is 54.9. The molecule has 0 fully saturated rings. The van der Waals surface area contributed by atoms with Crippen molar-refractivity contribution in [2.45, 2.75) is 187 Å². The van der Waals surface area contributed by atoms with Gasteiger partial charge in [-0.1, -0.05) is 164 Å². The molecule has 0 radical (unpaired) electrons. The number of quaternary nitrogens is 1. The Morgan fingerprint density at radius 2 is 1.07 bits per heavy atom. The van der Waals surface area contributed by atoms with Crippen molar-refractivity contribution >= 4 is 13.7 Å². The second kappa shape index (κ2) is 39.4. The van der Waals surface area contributed by atoms with E-state index in [1.54, 1.807) is 6.08 Å². The van der Waals surface area contributed by atoms with Crippen LogP contribution in [0, 0.1) is 0 Å². The van der Waals surface area contributed by atoms with Crippen molar-refractivity contribution < 1.29 is 32.9 Å². The maximum Gasteiger partial charge on any atom is 0.472 e. The number of phosphoric ester groups is 1. The summed E-state index contributed by atoms with van der Waals surface area (Å²) in [6, 6.07) is -0.877. The molecule has 0 spiro atoms. The van der Waals surface area contributed by atoms with Crippen LogP contribution in [-0.4, -0.2) is 73.4 Å². The average molecular weight is 820 g/mol. The maximum absolute atomic E-state index is 12.9. The minimum absolute atomic E-state index is 0.0480. The molecule has 3 N–H and O–H groups in total. The molecule has 57 heavy (non-hydrogen) atoms. The molecule has 0 saturated carbocycles. The minimum atomic E-state index is -4.36. The molecule has 9 heteroatoms. The van der Waals surface area contributed by atoms with Gasteiger partial charge in [-0.25, -0.2) is 4.57 Å². The van der Waals surface area contributed by atoms with Crippen LogP contribution in [0.15, 0.2) is 72.9 Å².